The van der Waals surface area contributed by atoms with E-state index in [4.69, 9.17) is 9.84 Å². The van der Waals surface area contributed by atoms with E-state index in [0.29, 0.717) is 36.2 Å². The normalized spacial score (nSPS) is 18.7. The molecule has 10 heteroatoms. The number of pyridine rings is 1. The van der Waals surface area contributed by atoms with Gasteiger partial charge in [-0.1, -0.05) is 28.1 Å². The lowest BCUT2D eigenvalue weighted by atomic mass is 10.0. The van der Waals surface area contributed by atoms with Gasteiger partial charge >= 0.3 is 0 Å². The fourth-order valence-corrected chi connectivity index (χ4v) is 5.13. The molecule has 38 heavy (non-hydrogen) atoms. The second kappa shape index (κ2) is 9.77. The van der Waals surface area contributed by atoms with Crippen LogP contribution in [0.3, 0.4) is 0 Å². The molecule has 2 aromatic heterocycles. The lowest BCUT2D eigenvalue weighted by molar-refractivity contribution is -0.130. The van der Waals surface area contributed by atoms with Crippen LogP contribution < -0.4 is 5.32 Å². The zero-order valence-corrected chi connectivity index (χ0v) is 22.0. The van der Waals surface area contributed by atoms with Crippen LogP contribution in [0.15, 0.2) is 71.5 Å². The van der Waals surface area contributed by atoms with Crippen LogP contribution in [0, 0.1) is 5.95 Å². The minimum atomic E-state index is -0.681. The topological polar surface area (TPSA) is 89.3 Å². The molecule has 1 fully saturated rings. The standard InChI is InChI=1S/C28H23BrFN5O3/c1-16-27(37)34(11-10-17-2-8-23-19(12-17)13-25(36)32-23)28(38-16)22-15-35(21-6-4-20(29)5-7-21)33-26(22)18-3-9-24(30)31-14-18/h2-9,12,14-16,28H,10-11,13H2,1H3,(H,32,36). The largest absolute Gasteiger partial charge is 0.341 e. The number of carbonyl (C=O) groups is 2. The van der Waals surface area contributed by atoms with E-state index in [0.717, 1.165) is 27.0 Å². The Bertz CT molecular complexity index is 1540. The summed E-state index contributed by atoms with van der Waals surface area (Å²) in [6.07, 6.45) is 2.92. The van der Waals surface area contributed by atoms with Gasteiger partial charge in [0.2, 0.25) is 11.9 Å². The molecule has 6 rings (SSSR count). The van der Waals surface area contributed by atoms with Gasteiger partial charge in [-0.25, -0.2) is 9.67 Å². The zero-order chi connectivity index (χ0) is 26.4. The highest BCUT2D eigenvalue weighted by molar-refractivity contribution is 9.10. The van der Waals surface area contributed by atoms with E-state index >= 15 is 0 Å². The Morgan fingerprint density at radius 1 is 1.13 bits per heavy atom. The fraction of sp³-hybridized carbons (Fsp3) is 0.214. The fourth-order valence-electron chi connectivity index (χ4n) is 4.86. The first-order valence-corrected chi connectivity index (χ1v) is 13.0. The minimum absolute atomic E-state index is 0.0141. The van der Waals surface area contributed by atoms with Gasteiger partial charge in [-0.05, 0) is 66.9 Å². The van der Waals surface area contributed by atoms with Gasteiger partial charge < -0.3 is 15.0 Å². The van der Waals surface area contributed by atoms with Crippen LogP contribution in [0.5, 0.6) is 0 Å². The smallest absolute Gasteiger partial charge is 0.253 e. The summed E-state index contributed by atoms with van der Waals surface area (Å²) in [7, 11) is 0. The first kappa shape index (κ1) is 24.4. The lowest BCUT2D eigenvalue weighted by Crippen LogP contribution is -2.32. The van der Waals surface area contributed by atoms with Crippen LogP contribution in [-0.4, -0.2) is 44.1 Å². The molecule has 0 bridgehead atoms. The number of hydrogen-bond acceptors (Lipinski definition) is 5. The first-order valence-electron chi connectivity index (χ1n) is 12.2. The van der Waals surface area contributed by atoms with Crippen molar-refractivity contribution in [2.45, 2.75) is 32.1 Å². The van der Waals surface area contributed by atoms with Gasteiger partial charge in [0.15, 0.2) is 6.23 Å². The molecule has 1 saturated heterocycles. The number of hydrogen-bond donors (Lipinski definition) is 1. The summed E-state index contributed by atoms with van der Waals surface area (Å²) in [5.41, 5.74) is 5.50. The predicted octanol–water partition coefficient (Wildman–Crippen LogP) is 4.82. The number of fused-ring (bicyclic) bond motifs is 1. The van der Waals surface area contributed by atoms with Crippen molar-refractivity contribution in [1.29, 1.82) is 0 Å². The third-order valence-corrected chi connectivity index (χ3v) is 7.31. The number of benzene rings is 2. The molecule has 2 amide bonds. The molecule has 192 valence electrons. The Kier molecular flexibility index (Phi) is 6.29. The molecule has 2 aliphatic heterocycles. The average Bonchev–Trinajstić information content (AvgIpc) is 3.58. The molecule has 2 aromatic carbocycles. The Labute approximate surface area is 226 Å². The van der Waals surface area contributed by atoms with Gasteiger partial charge in [0.05, 0.1) is 12.1 Å². The van der Waals surface area contributed by atoms with Crippen molar-refractivity contribution in [2.75, 3.05) is 11.9 Å². The number of anilines is 1. The highest BCUT2D eigenvalue weighted by Gasteiger charge is 2.40. The van der Waals surface area contributed by atoms with Crippen molar-refractivity contribution in [3.8, 4) is 16.9 Å². The van der Waals surface area contributed by atoms with E-state index in [2.05, 4.69) is 26.2 Å². The Morgan fingerprint density at radius 2 is 1.95 bits per heavy atom. The number of nitrogens with zero attached hydrogens (tertiary/aromatic N) is 4. The molecule has 8 nitrogen and oxygen atoms in total. The molecule has 1 N–H and O–H groups in total. The number of nitrogens with one attached hydrogen (secondary N) is 1. The van der Waals surface area contributed by atoms with Crippen molar-refractivity contribution in [2.24, 2.45) is 0 Å². The molecular weight excluding hydrogens is 553 g/mol. The highest BCUT2D eigenvalue weighted by Crippen LogP contribution is 2.37. The highest BCUT2D eigenvalue weighted by atomic mass is 79.9. The van der Waals surface area contributed by atoms with E-state index in [-0.39, 0.29) is 11.8 Å². The lowest BCUT2D eigenvalue weighted by Gasteiger charge is -2.23. The van der Waals surface area contributed by atoms with E-state index in [1.54, 1.807) is 22.6 Å². The molecule has 0 radical (unpaired) electrons. The number of amides is 2. The third kappa shape index (κ3) is 4.61. The number of aromatic nitrogens is 3. The summed E-state index contributed by atoms with van der Waals surface area (Å²) >= 11 is 3.45. The molecule has 2 aliphatic rings. The quantitative estimate of drug-likeness (QED) is 0.333. The van der Waals surface area contributed by atoms with Gasteiger partial charge in [0.1, 0.15) is 11.8 Å². The molecule has 0 spiro atoms. The maximum Gasteiger partial charge on any atom is 0.253 e. The minimum Gasteiger partial charge on any atom is -0.341 e. The summed E-state index contributed by atoms with van der Waals surface area (Å²) in [4.78, 5) is 30.4. The molecule has 2 atom stereocenters. The van der Waals surface area contributed by atoms with Gasteiger partial charge in [-0.3, -0.25) is 9.59 Å². The van der Waals surface area contributed by atoms with Gasteiger partial charge in [0, 0.05) is 40.2 Å². The number of halogens is 2. The van der Waals surface area contributed by atoms with E-state index in [1.165, 1.54) is 12.3 Å². The monoisotopic (exact) mass is 575 g/mol. The SMILES string of the molecule is CC1OC(c2cn(-c3ccc(Br)cc3)nc2-c2ccc(F)nc2)N(CCc2ccc3c(c2)CC(=O)N3)C1=O. The number of ether oxygens (including phenoxy) is 1. The summed E-state index contributed by atoms with van der Waals surface area (Å²) < 4.78 is 22.4. The summed E-state index contributed by atoms with van der Waals surface area (Å²) in [5, 5.41) is 7.63. The summed E-state index contributed by atoms with van der Waals surface area (Å²) in [6, 6.07) is 16.4. The average molecular weight is 576 g/mol. The molecule has 0 saturated carbocycles. The van der Waals surface area contributed by atoms with E-state index in [9.17, 15) is 14.0 Å². The van der Waals surface area contributed by atoms with Crippen LogP contribution in [-0.2, 0) is 27.2 Å². The second-order valence-corrected chi connectivity index (χ2v) is 10.3. The third-order valence-electron chi connectivity index (χ3n) is 6.78. The van der Waals surface area contributed by atoms with Crippen LogP contribution in [0.1, 0.15) is 29.8 Å². The molecule has 4 aromatic rings. The van der Waals surface area contributed by atoms with Crippen LogP contribution in [0.2, 0.25) is 0 Å². The van der Waals surface area contributed by atoms with Crippen LogP contribution >= 0.6 is 15.9 Å². The Morgan fingerprint density at radius 3 is 2.71 bits per heavy atom. The summed E-state index contributed by atoms with van der Waals surface area (Å²) in [5.74, 6) is -0.719. The van der Waals surface area contributed by atoms with Gasteiger partial charge in [0.25, 0.3) is 5.91 Å². The van der Waals surface area contributed by atoms with Crippen LogP contribution in [0.25, 0.3) is 16.9 Å². The van der Waals surface area contributed by atoms with E-state index in [1.807, 2.05) is 48.7 Å². The maximum absolute atomic E-state index is 13.6. The van der Waals surface area contributed by atoms with Crippen molar-refractivity contribution < 1.29 is 18.7 Å². The van der Waals surface area contributed by atoms with Crippen molar-refractivity contribution >= 4 is 33.4 Å². The second-order valence-electron chi connectivity index (χ2n) is 9.35. The number of carbonyl (C=O) groups excluding carboxylic acids is 2. The van der Waals surface area contributed by atoms with Crippen molar-refractivity contribution in [3.63, 3.8) is 0 Å². The molecular formula is C28H23BrFN5O3. The Hall–Kier alpha value is -3.89. The molecule has 2 unspecified atom stereocenters. The first-order chi connectivity index (χ1) is 18.4. The maximum atomic E-state index is 13.6. The van der Waals surface area contributed by atoms with Crippen molar-refractivity contribution in [1.82, 2.24) is 19.7 Å². The zero-order valence-electron chi connectivity index (χ0n) is 20.4. The predicted molar refractivity (Wildman–Crippen MR) is 142 cm³/mol. The van der Waals surface area contributed by atoms with Gasteiger partial charge in [-0.2, -0.15) is 9.49 Å². The molecule has 4 heterocycles. The molecule has 0 aliphatic carbocycles. The van der Waals surface area contributed by atoms with Gasteiger partial charge in [-0.15, -0.1) is 0 Å². The Balaban J connectivity index is 1.34. The summed E-state index contributed by atoms with van der Waals surface area (Å²) in [6.45, 7) is 2.15. The van der Waals surface area contributed by atoms with Crippen LogP contribution in [0.4, 0.5) is 10.1 Å². The number of rotatable bonds is 6. The van der Waals surface area contributed by atoms with E-state index < -0.39 is 18.3 Å². The van der Waals surface area contributed by atoms with Crippen molar-refractivity contribution in [3.05, 3.63) is 94.1 Å².